The van der Waals surface area contributed by atoms with Crippen LogP contribution in [0.4, 0.5) is 0 Å². The number of allylic oxidation sites excluding steroid dienone is 2. The number of hydrogen-bond acceptors (Lipinski definition) is 0. The van der Waals surface area contributed by atoms with Crippen molar-refractivity contribution in [1.82, 2.24) is 0 Å². The van der Waals surface area contributed by atoms with Gasteiger partial charge >= 0.3 is 0 Å². The van der Waals surface area contributed by atoms with Crippen LogP contribution in [0.5, 0.6) is 0 Å². The molecular weight excluding hydrogens is 72.1 g/mol. The lowest BCUT2D eigenvalue weighted by Crippen LogP contribution is -1.73. The van der Waals surface area contributed by atoms with Crippen molar-refractivity contribution in [3.05, 3.63) is 18.1 Å². The van der Waals surface area contributed by atoms with Gasteiger partial charge in [0.1, 0.15) is 0 Å². The van der Waals surface area contributed by atoms with E-state index in [9.17, 15) is 0 Å². The predicted molar refractivity (Wildman–Crippen MR) is 27.3 cm³/mol. The summed E-state index contributed by atoms with van der Waals surface area (Å²) in [7, 11) is 0. The Morgan fingerprint density at radius 2 is 2.50 bits per heavy atom. The third kappa shape index (κ3) is 0.563. The van der Waals surface area contributed by atoms with E-state index in [-0.39, 0.29) is 0 Å². The molecular formula is C6H9+. The average molecular weight is 81.1 g/mol. The van der Waals surface area contributed by atoms with Crippen LogP contribution >= 0.6 is 0 Å². The van der Waals surface area contributed by atoms with Crippen LogP contribution in [0.15, 0.2) is 12.2 Å². The van der Waals surface area contributed by atoms with Crippen LogP contribution in [-0.2, 0) is 0 Å². The van der Waals surface area contributed by atoms with Gasteiger partial charge in [0.2, 0.25) is 0 Å². The normalized spacial score (nSPS) is 19.8. The summed E-state index contributed by atoms with van der Waals surface area (Å²) < 4.78 is 0. The van der Waals surface area contributed by atoms with Crippen molar-refractivity contribution in [2.75, 3.05) is 0 Å². The molecule has 0 fully saturated rings. The second-order valence-corrected chi connectivity index (χ2v) is 1.79. The molecule has 1 rings (SSSR count). The largest absolute Gasteiger partial charge is 0.0920 e. The van der Waals surface area contributed by atoms with Gasteiger partial charge < -0.3 is 0 Å². The fraction of sp³-hybridized carbons (Fsp3) is 0.500. The van der Waals surface area contributed by atoms with Gasteiger partial charge in [0, 0.05) is 13.0 Å². The van der Waals surface area contributed by atoms with E-state index in [1.165, 1.54) is 18.8 Å². The zero-order chi connectivity index (χ0) is 4.41. The van der Waals surface area contributed by atoms with Crippen molar-refractivity contribution in [3.8, 4) is 0 Å². The monoisotopic (exact) mass is 81.1 g/mol. The van der Waals surface area contributed by atoms with Crippen molar-refractivity contribution in [2.24, 2.45) is 0 Å². The first-order chi connectivity index (χ1) is 2.89. The number of rotatable bonds is 0. The van der Waals surface area contributed by atoms with Crippen LogP contribution in [0.25, 0.3) is 0 Å². The molecule has 0 aromatic rings. The van der Waals surface area contributed by atoms with Crippen molar-refractivity contribution in [1.29, 1.82) is 0 Å². The molecule has 0 heteroatoms. The standard InChI is InChI=1S/C6H9/c1-6-4-2-3-5-6/h2,4H,3,5H2,1H3/q+1. The smallest absolute Gasteiger partial charge is 0.0239 e. The van der Waals surface area contributed by atoms with E-state index in [1.54, 1.807) is 0 Å². The Kier molecular flexibility index (Phi) is 0.868. The third-order valence-corrected chi connectivity index (χ3v) is 1.11. The molecule has 0 N–H and O–H groups in total. The molecule has 0 unspecified atom stereocenters. The van der Waals surface area contributed by atoms with Crippen LogP contribution in [0.3, 0.4) is 0 Å². The van der Waals surface area contributed by atoms with Crippen molar-refractivity contribution < 1.29 is 0 Å². The Morgan fingerprint density at radius 1 is 1.67 bits per heavy atom. The van der Waals surface area contributed by atoms with Crippen LogP contribution in [-0.4, -0.2) is 0 Å². The van der Waals surface area contributed by atoms with Gasteiger partial charge in [-0.25, -0.2) is 0 Å². The molecule has 0 aliphatic heterocycles. The Morgan fingerprint density at radius 3 is 2.67 bits per heavy atom. The van der Waals surface area contributed by atoms with Crippen LogP contribution in [0.1, 0.15) is 19.8 Å². The van der Waals surface area contributed by atoms with Crippen molar-refractivity contribution in [2.45, 2.75) is 19.8 Å². The Balaban J connectivity index is 2.38. The second-order valence-electron chi connectivity index (χ2n) is 1.79. The van der Waals surface area contributed by atoms with Gasteiger partial charge in [0.25, 0.3) is 0 Å². The molecule has 32 valence electrons. The first-order valence-corrected chi connectivity index (χ1v) is 2.38. The highest BCUT2D eigenvalue weighted by Crippen LogP contribution is 2.16. The van der Waals surface area contributed by atoms with Gasteiger partial charge in [-0.2, -0.15) is 0 Å². The Labute approximate surface area is 38.9 Å². The summed E-state index contributed by atoms with van der Waals surface area (Å²) in [5.41, 5.74) is 0. The van der Waals surface area contributed by atoms with Crippen LogP contribution in [0, 0.1) is 5.92 Å². The first-order valence-electron chi connectivity index (χ1n) is 2.38. The van der Waals surface area contributed by atoms with Gasteiger partial charge in [-0.1, -0.05) is 0 Å². The molecule has 0 nitrogen and oxygen atoms in total. The van der Waals surface area contributed by atoms with E-state index in [0.717, 1.165) is 0 Å². The van der Waals surface area contributed by atoms with Crippen molar-refractivity contribution in [3.63, 3.8) is 0 Å². The minimum Gasteiger partial charge on any atom is 0.0239 e. The van der Waals surface area contributed by atoms with Crippen LogP contribution < -0.4 is 0 Å². The summed E-state index contributed by atoms with van der Waals surface area (Å²) in [6.45, 7) is 2.17. The highest BCUT2D eigenvalue weighted by molar-refractivity contribution is 5.13. The molecule has 0 saturated heterocycles. The second kappa shape index (κ2) is 1.38. The molecule has 6 heavy (non-hydrogen) atoms. The predicted octanol–water partition coefficient (Wildman–Crippen LogP) is 1.93. The lowest BCUT2D eigenvalue weighted by Gasteiger charge is -1.79. The fourth-order valence-corrected chi connectivity index (χ4v) is 0.679. The Bertz CT molecular complexity index is 62.4. The van der Waals surface area contributed by atoms with E-state index in [2.05, 4.69) is 19.1 Å². The molecule has 0 radical (unpaired) electrons. The SMILES string of the molecule is C[C+]1C=CCC1. The lowest BCUT2D eigenvalue weighted by atomic mass is 10.2. The van der Waals surface area contributed by atoms with Gasteiger partial charge in [-0.15, -0.1) is 0 Å². The summed E-state index contributed by atoms with van der Waals surface area (Å²) >= 11 is 0. The summed E-state index contributed by atoms with van der Waals surface area (Å²) in [5, 5.41) is 0. The molecule has 1 aliphatic rings. The topological polar surface area (TPSA) is 0 Å². The maximum atomic E-state index is 2.22. The van der Waals surface area contributed by atoms with Crippen LogP contribution in [0.2, 0.25) is 0 Å². The molecule has 0 spiro atoms. The quantitative estimate of drug-likeness (QED) is 0.391. The van der Waals surface area contributed by atoms with E-state index >= 15 is 0 Å². The van der Waals surface area contributed by atoms with E-state index in [4.69, 9.17) is 0 Å². The third-order valence-electron chi connectivity index (χ3n) is 1.11. The molecule has 0 atom stereocenters. The van der Waals surface area contributed by atoms with Gasteiger partial charge in [0.15, 0.2) is 0 Å². The molecule has 0 aromatic heterocycles. The molecule has 1 aliphatic carbocycles. The highest BCUT2D eigenvalue weighted by atomic mass is 14.0. The summed E-state index contributed by atoms with van der Waals surface area (Å²) in [6.07, 6.45) is 6.97. The molecule has 0 amide bonds. The maximum Gasteiger partial charge on any atom is 0.0920 e. The number of hydrogen-bond donors (Lipinski definition) is 0. The van der Waals surface area contributed by atoms with Gasteiger partial charge in [-0.3, -0.25) is 0 Å². The lowest BCUT2D eigenvalue weighted by molar-refractivity contribution is 0.953. The molecule has 0 saturated carbocycles. The van der Waals surface area contributed by atoms with E-state index in [1.807, 2.05) is 0 Å². The highest BCUT2D eigenvalue weighted by Gasteiger charge is 2.09. The summed E-state index contributed by atoms with van der Waals surface area (Å²) in [6, 6.07) is 0. The molecule has 0 heterocycles. The zero-order valence-corrected chi connectivity index (χ0v) is 4.07. The van der Waals surface area contributed by atoms with Gasteiger partial charge in [0.05, 0.1) is 24.8 Å². The van der Waals surface area contributed by atoms with Crippen molar-refractivity contribution >= 4 is 0 Å². The van der Waals surface area contributed by atoms with E-state index in [0.29, 0.717) is 0 Å². The molecule has 0 aromatic carbocycles. The first kappa shape index (κ1) is 3.79. The minimum atomic E-state index is 1.27. The maximum absolute atomic E-state index is 2.22. The summed E-state index contributed by atoms with van der Waals surface area (Å²) in [5.74, 6) is 1.52. The summed E-state index contributed by atoms with van der Waals surface area (Å²) in [4.78, 5) is 0. The fourth-order valence-electron chi connectivity index (χ4n) is 0.679. The average Bonchev–Trinajstić information content (AvgIpc) is 1.86. The molecule has 0 bridgehead atoms. The zero-order valence-electron chi connectivity index (χ0n) is 4.07. The van der Waals surface area contributed by atoms with Gasteiger partial charge in [-0.05, 0) is 0 Å². The Hall–Kier alpha value is -0.390. The van der Waals surface area contributed by atoms with E-state index < -0.39 is 0 Å². The minimum absolute atomic E-state index is 1.27.